The molecule has 94 valence electrons. The number of rotatable bonds is 3. The van der Waals surface area contributed by atoms with Crippen LogP contribution in [0.5, 0.6) is 0 Å². The predicted octanol–water partition coefficient (Wildman–Crippen LogP) is 2.98. The van der Waals surface area contributed by atoms with E-state index in [4.69, 9.17) is 16.3 Å². The fraction of sp³-hybridized carbons (Fsp3) is 0.231. The second-order valence-electron chi connectivity index (χ2n) is 3.77. The summed E-state index contributed by atoms with van der Waals surface area (Å²) in [5.74, 6) is -0.205. The molecule has 0 aliphatic carbocycles. The largest absolute Gasteiger partial charge is 0.501 e. The van der Waals surface area contributed by atoms with Crippen molar-refractivity contribution >= 4 is 28.9 Å². The molecule has 0 unspecified atom stereocenters. The van der Waals surface area contributed by atoms with Gasteiger partial charge in [-0.25, -0.2) is 0 Å². The van der Waals surface area contributed by atoms with E-state index in [9.17, 15) is 4.79 Å². The van der Waals surface area contributed by atoms with Gasteiger partial charge < -0.3 is 4.74 Å². The Labute approximate surface area is 110 Å². The Morgan fingerprint density at radius 3 is 2.94 bits per heavy atom. The third-order valence-corrected chi connectivity index (χ3v) is 2.72. The van der Waals surface area contributed by atoms with E-state index in [1.165, 1.54) is 11.3 Å². The summed E-state index contributed by atoms with van der Waals surface area (Å²) in [6.07, 6.45) is 1.45. The summed E-state index contributed by atoms with van der Waals surface area (Å²) >= 11 is 5.90. The molecule has 0 bridgehead atoms. The molecule has 1 aliphatic rings. The van der Waals surface area contributed by atoms with Crippen LogP contribution in [0.15, 0.2) is 41.2 Å². The summed E-state index contributed by atoms with van der Waals surface area (Å²) in [5, 5.41) is 6.10. The first-order valence-electron chi connectivity index (χ1n) is 5.61. The summed E-state index contributed by atoms with van der Waals surface area (Å²) in [6, 6.07) is 7.00. The van der Waals surface area contributed by atoms with Gasteiger partial charge in [0, 0.05) is 5.02 Å². The summed E-state index contributed by atoms with van der Waals surface area (Å²) in [5.41, 5.74) is 1.75. The van der Waals surface area contributed by atoms with Crippen molar-refractivity contribution in [3.8, 4) is 0 Å². The van der Waals surface area contributed by atoms with Crippen LogP contribution in [0.3, 0.4) is 0 Å². The first-order valence-corrected chi connectivity index (χ1v) is 5.98. The summed E-state index contributed by atoms with van der Waals surface area (Å²) in [7, 11) is 0. The highest BCUT2D eigenvalue weighted by atomic mass is 35.5. The molecule has 18 heavy (non-hydrogen) atoms. The number of hydrogen-bond donors (Lipinski definition) is 0. The average molecular weight is 265 g/mol. The van der Waals surface area contributed by atoms with Gasteiger partial charge in [-0.05, 0) is 32.0 Å². The SMILES string of the molecule is CCO/C=C1\C(=O)N(c2cccc(Cl)c2)N=C1C. The summed E-state index contributed by atoms with van der Waals surface area (Å²) in [4.78, 5) is 12.2. The maximum Gasteiger partial charge on any atom is 0.283 e. The van der Waals surface area contributed by atoms with E-state index in [1.807, 2.05) is 6.92 Å². The topological polar surface area (TPSA) is 41.9 Å². The smallest absolute Gasteiger partial charge is 0.283 e. The number of carbonyl (C=O) groups is 1. The highest BCUT2D eigenvalue weighted by molar-refractivity contribution is 6.32. The molecule has 5 heteroatoms. The molecule has 0 N–H and O–H groups in total. The van der Waals surface area contributed by atoms with Gasteiger partial charge in [-0.1, -0.05) is 17.7 Å². The minimum atomic E-state index is -0.205. The van der Waals surface area contributed by atoms with Crippen molar-refractivity contribution in [3.05, 3.63) is 41.1 Å². The van der Waals surface area contributed by atoms with E-state index in [1.54, 1.807) is 31.2 Å². The molecule has 1 amide bonds. The van der Waals surface area contributed by atoms with Crippen LogP contribution in [-0.4, -0.2) is 18.2 Å². The van der Waals surface area contributed by atoms with Gasteiger partial charge in [-0.15, -0.1) is 0 Å². The Morgan fingerprint density at radius 2 is 2.28 bits per heavy atom. The van der Waals surface area contributed by atoms with Crippen molar-refractivity contribution in [2.45, 2.75) is 13.8 Å². The first kappa shape index (κ1) is 12.6. The van der Waals surface area contributed by atoms with Crippen molar-refractivity contribution in [2.75, 3.05) is 11.6 Å². The zero-order chi connectivity index (χ0) is 13.1. The van der Waals surface area contributed by atoms with E-state index >= 15 is 0 Å². The van der Waals surface area contributed by atoms with Crippen molar-refractivity contribution < 1.29 is 9.53 Å². The number of benzene rings is 1. The minimum Gasteiger partial charge on any atom is -0.501 e. The van der Waals surface area contributed by atoms with Crippen molar-refractivity contribution in [1.82, 2.24) is 0 Å². The lowest BCUT2D eigenvalue weighted by Gasteiger charge is -2.11. The molecule has 1 aromatic carbocycles. The van der Waals surface area contributed by atoms with Crippen molar-refractivity contribution in [2.24, 2.45) is 5.10 Å². The van der Waals surface area contributed by atoms with E-state index in [-0.39, 0.29) is 5.91 Å². The molecule has 1 heterocycles. The fourth-order valence-electron chi connectivity index (χ4n) is 1.60. The Balaban J connectivity index is 2.31. The number of ether oxygens (including phenoxy) is 1. The van der Waals surface area contributed by atoms with E-state index in [2.05, 4.69) is 5.10 Å². The molecule has 0 spiro atoms. The molecule has 1 aromatic rings. The van der Waals surface area contributed by atoms with E-state index < -0.39 is 0 Å². The van der Waals surface area contributed by atoms with Gasteiger partial charge in [0.25, 0.3) is 5.91 Å². The quantitative estimate of drug-likeness (QED) is 0.622. The number of halogens is 1. The maximum atomic E-state index is 12.2. The standard InChI is InChI=1S/C13H13ClN2O2/c1-3-18-8-12-9(2)15-16(13(12)17)11-6-4-5-10(14)7-11/h4-8H,3H2,1-2H3/b12-8-. The Hall–Kier alpha value is -1.81. The molecule has 0 radical (unpaired) electrons. The fourth-order valence-corrected chi connectivity index (χ4v) is 1.79. The third-order valence-electron chi connectivity index (χ3n) is 2.48. The molecule has 2 rings (SSSR count). The monoisotopic (exact) mass is 264 g/mol. The number of hydrazone groups is 1. The Kier molecular flexibility index (Phi) is 3.67. The summed E-state index contributed by atoms with van der Waals surface area (Å²) in [6.45, 7) is 4.15. The summed E-state index contributed by atoms with van der Waals surface area (Å²) < 4.78 is 5.15. The van der Waals surface area contributed by atoms with Crippen LogP contribution in [0.4, 0.5) is 5.69 Å². The van der Waals surface area contributed by atoms with Crippen LogP contribution in [0.1, 0.15) is 13.8 Å². The van der Waals surface area contributed by atoms with Crippen molar-refractivity contribution in [1.29, 1.82) is 0 Å². The lowest BCUT2D eigenvalue weighted by molar-refractivity contribution is -0.114. The highest BCUT2D eigenvalue weighted by Gasteiger charge is 2.29. The lowest BCUT2D eigenvalue weighted by Crippen LogP contribution is -2.21. The highest BCUT2D eigenvalue weighted by Crippen LogP contribution is 2.25. The Morgan fingerprint density at radius 1 is 1.50 bits per heavy atom. The number of hydrogen-bond acceptors (Lipinski definition) is 3. The van der Waals surface area contributed by atoms with Crippen LogP contribution in [0.25, 0.3) is 0 Å². The molecular formula is C13H13ClN2O2. The molecule has 0 saturated carbocycles. The molecule has 0 atom stereocenters. The van der Waals surface area contributed by atoms with Crippen LogP contribution in [0, 0.1) is 0 Å². The van der Waals surface area contributed by atoms with Gasteiger partial charge in [0.05, 0.1) is 29.8 Å². The van der Waals surface area contributed by atoms with Crippen LogP contribution < -0.4 is 5.01 Å². The molecule has 0 aromatic heterocycles. The normalized spacial score (nSPS) is 17.3. The number of carbonyl (C=O) groups excluding carboxylic acids is 1. The second-order valence-corrected chi connectivity index (χ2v) is 4.21. The molecular weight excluding hydrogens is 252 g/mol. The number of anilines is 1. The van der Waals surface area contributed by atoms with Crippen LogP contribution in [0.2, 0.25) is 5.02 Å². The minimum absolute atomic E-state index is 0.205. The average Bonchev–Trinajstić information content (AvgIpc) is 2.63. The molecule has 0 saturated heterocycles. The Bertz CT molecular complexity index is 538. The lowest BCUT2D eigenvalue weighted by atomic mass is 10.2. The molecule has 0 fully saturated rings. The van der Waals surface area contributed by atoms with Gasteiger partial charge in [0.1, 0.15) is 0 Å². The zero-order valence-electron chi connectivity index (χ0n) is 10.2. The van der Waals surface area contributed by atoms with Gasteiger partial charge in [-0.3, -0.25) is 4.79 Å². The predicted molar refractivity (Wildman–Crippen MR) is 71.8 cm³/mol. The zero-order valence-corrected chi connectivity index (χ0v) is 10.9. The van der Waals surface area contributed by atoms with Crippen molar-refractivity contribution in [3.63, 3.8) is 0 Å². The number of nitrogens with zero attached hydrogens (tertiary/aromatic N) is 2. The van der Waals surface area contributed by atoms with Gasteiger partial charge >= 0.3 is 0 Å². The first-order chi connectivity index (χ1) is 8.63. The van der Waals surface area contributed by atoms with Crippen LogP contribution >= 0.6 is 11.6 Å². The molecule has 4 nitrogen and oxygen atoms in total. The van der Waals surface area contributed by atoms with Gasteiger partial charge in [0.2, 0.25) is 0 Å². The van der Waals surface area contributed by atoms with E-state index in [0.717, 1.165) is 0 Å². The van der Waals surface area contributed by atoms with Crippen LogP contribution in [-0.2, 0) is 9.53 Å². The third kappa shape index (κ3) is 2.38. The maximum absolute atomic E-state index is 12.2. The number of amides is 1. The van der Waals surface area contributed by atoms with E-state index in [0.29, 0.717) is 28.6 Å². The van der Waals surface area contributed by atoms with Gasteiger partial charge in [-0.2, -0.15) is 10.1 Å². The molecule has 1 aliphatic heterocycles. The van der Waals surface area contributed by atoms with Gasteiger partial charge in [0.15, 0.2) is 0 Å². The second kappa shape index (κ2) is 5.23.